The van der Waals surface area contributed by atoms with E-state index in [1.807, 2.05) is 6.08 Å². The summed E-state index contributed by atoms with van der Waals surface area (Å²) in [6.45, 7) is 4.81. The number of amides is 1. The maximum atomic E-state index is 12.9. The van der Waals surface area contributed by atoms with E-state index in [1.54, 1.807) is 26.8 Å². The van der Waals surface area contributed by atoms with Crippen molar-refractivity contribution in [1.82, 2.24) is 5.32 Å². The fourth-order valence-corrected chi connectivity index (χ4v) is 2.84. The molecule has 0 radical (unpaired) electrons. The number of benzene rings is 1. The average molecular weight is 399 g/mol. The van der Waals surface area contributed by atoms with Gasteiger partial charge in [-0.15, -0.1) is 0 Å². The van der Waals surface area contributed by atoms with Crippen LogP contribution in [0, 0.1) is 5.92 Å². The average Bonchev–Trinajstić information content (AvgIpc) is 2.59. The van der Waals surface area contributed by atoms with Crippen LogP contribution in [0.1, 0.15) is 51.2 Å². The molecule has 1 atom stereocenters. The van der Waals surface area contributed by atoms with Gasteiger partial charge in [-0.25, -0.2) is 4.79 Å². The molecule has 1 amide bonds. The minimum Gasteiger partial charge on any atom is -0.444 e. The Kier molecular flexibility index (Phi) is 6.74. The summed E-state index contributed by atoms with van der Waals surface area (Å²) in [6.07, 6.45) is -1.89. The smallest absolute Gasteiger partial charge is 0.416 e. The number of alkyl carbamates (subject to hydrolysis) is 1. The molecule has 0 saturated heterocycles. The Morgan fingerprint density at radius 2 is 1.93 bits per heavy atom. The highest BCUT2D eigenvalue weighted by molar-refractivity contribution is 5.78. The molecule has 1 N–H and O–H groups in total. The van der Waals surface area contributed by atoms with Gasteiger partial charge in [0.05, 0.1) is 11.5 Å². The Labute approximate surface area is 161 Å². The van der Waals surface area contributed by atoms with Gasteiger partial charge >= 0.3 is 18.2 Å². The third kappa shape index (κ3) is 6.58. The number of hydrogen-bond donors (Lipinski definition) is 1. The van der Waals surface area contributed by atoms with Crippen LogP contribution < -0.4 is 5.32 Å². The Hall–Kier alpha value is -2.51. The number of ether oxygens (including phenoxy) is 2. The molecule has 1 aliphatic carbocycles. The van der Waals surface area contributed by atoms with Crippen molar-refractivity contribution in [2.45, 2.75) is 51.8 Å². The number of alkyl halides is 3. The number of carbonyl (C=O) groups excluding carboxylic acids is 2. The van der Waals surface area contributed by atoms with E-state index in [9.17, 15) is 22.8 Å². The van der Waals surface area contributed by atoms with Gasteiger partial charge in [0.25, 0.3) is 0 Å². The van der Waals surface area contributed by atoms with Crippen molar-refractivity contribution in [2.24, 2.45) is 5.92 Å². The normalized spacial score (nSPS) is 17.5. The van der Waals surface area contributed by atoms with Gasteiger partial charge in [-0.3, -0.25) is 10.1 Å². The highest BCUT2D eigenvalue weighted by atomic mass is 19.4. The third-order valence-electron chi connectivity index (χ3n) is 4.10. The second kappa shape index (κ2) is 8.67. The summed E-state index contributed by atoms with van der Waals surface area (Å²) in [7, 11) is 0. The monoisotopic (exact) mass is 399 g/mol. The van der Waals surface area contributed by atoms with E-state index in [4.69, 9.17) is 9.47 Å². The van der Waals surface area contributed by atoms with Gasteiger partial charge in [-0.1, -0.05) is 18.2 Å². The van der Waals surface area contributed by atoms with Crippen LogP contribution in [0.25, 0.3) is 5.57 Å². The van der Waals surface area contributed by atoms with Crippen LogP contribution in [0.15, 0.2) is 30.3 Å². The van der Waals surface area contributed by atoms with Gasteiger partial charge in [-0.2, -0.15) is 13.2 Å². The van der Waals surface area contributed by atoms with E-state index in [0.717, 1.165) is 12.1 Å². The molecule has 0 fully saturated rings. The molecule has 0 spiro atoms. The molecule has 154 valence electrons. The standard InChI is InChI=1S/C20H24F3NO4/c1-19(2,3)28-18(26)24-12-27-17(25)15-8-4-6-13(10-15)14-7-5-9-16(11-14)20(21,22)23/h5-7,9,11,15H,4,8,10,12H2,1-3H3,(H,24,26)/t15-/m1/s1. The summed E-state index contributed by atoms with van der Waals surface area (Å²) in [5.41, 5.74) is -0.266. The van der Waals surface area contributed by atoms with Crippen LogP contribution in [-0.4, -0.2) is 24.4 Å². The molecule has 0 aromatic heterocycles. The van der Waals surface area contributed by atoms with E-state index >= 15 is 0 Å². The molecule has 2 rings (SSSR count). The molecule has 0 bridgehead atoms. The Morgan fingerprint density at radius 1 is 1.21 bits per heavy atom. The lowest BCUT2D eigenvalue weighted by molar-refractivity contribution is -0.149. The lowest BCUT2D eigenvalue weighted by Gasteiger charge is -2.23. The van der Waals surface area contributed by atoms with Crippen molar-refractivity contribution in [1.29, 1.82) is 0 Å². The molecule has 28 heavy (non-hydrogen) atoms. The molecule has 0 aliphatic heterocycles. The molecule has 0 heterocycles. The first-order valence-electron chi connectivity index (χ1n) is 8.96. The minimum atomic E-state index is -4.42. The largest absolute Gasteiger partial charge is 0.444 e. The van der Waals surface area contributed by atoms with E-state index in [2.05, 4.69) is 5.32 Å². The molecular weight excluding hydrogens is 375 g/mol. The van der Waals surface area contributed by atoms with Crippen molar-refractivity contribution in [3.05, 3.63) is 41.5 Å². The quantitative estimate of drug-likeness (QED) is 0.577. The lowest BCUT2D eigenvalue weighted by Crippen LogP contribution is -2.35. The molecule has 0 unspecified atom stereocenters. The molecule has 0 saturated carbocycles. The molecule has 8 heteroatoms. The van der Waals surface area contributed by atoms with Crippen molar-refractivity contribution >= 4 is 17.6 Å². The van der Waals surface area contributed by atoms with Crippen LogP contribution in [-0.2, 0) is 20.4 Å². The van der Waals surface area contributed by atoms with Crippen LogP contribution in [0.2, 0.25) is 0 Å². The van der Waals surface area contributed by atoms with E-state index in [-0.39, 0.29) is 13.2 Å². The molecule has 1 aromatic rings. The maximum absolute atomic E-state index is 12.9. The summed E-state index contributed by atoms with van der Waals surface area (Å²) in [5.74, 6) is -0.983. The van der Waals surface area contributed by atoms with Crippen molar-refractivity contribution in [2.75, 3.05) is 6.73 Å². The van der Waals surface area contributed by atoms with Gasteiger partial charge < -0.3 is 9.47 Å². The number of halogens is 3. The predicted molar refractivity (Wildman–Crippen MR) is 97.1 cm³/mol. The van der Waals surface area contributed by atoms with Gasteiger partial charge in [0.2, 0.25) is 0 Å². The van der Waals surface area contributed by atoms with Crippen molar-refractivity contribution in [3.63, 3.8) is 0 Å². The highest BCUT2D eigenvalue weighted by Crippen LogP contribution is 2.35. The third-order valence-corrected chi connectivity index (χ3v) is 4.10. The summed E-state index contributed by atoms with van der Waals surface area (Å²) in [4.78, 5) is 23.8. The zero-order valence-corrected chi connectivity index (χ0v) is 16.1. The van der Waals surface area contributed by atoms with Crippen LogP contribution in [0.3, 0.4) is 0 Å². The topological polar surface area (TPSA) is 64.6 Å². The second-order valence-electron chi connectivity index (χ2n) is 7.57. The zero-order valence-electron chi connectivity index (χ0n) is 16.1. The van der Waals surface area contributed by atoms with Gasteiger partial charge in [0.1, 0.15) is 5.60 Å². The molecular formula is C20H24F3NO4. The summed E-state index contributed by atoms with van der Waals surface area (Å²) >= 11 is 0. The van der Waals surface area contributed by atoms with Gasteiger partial charge in [-0.05, 0) is 63.3 Å². The first-order chi connectivity index (χ1) is 13.0. The number of hydrogen-bond acceptors (Lipinski definition) is 4. The SMILES string of the molecule is CC(C)(C)OC(=O)NCOC(=O)[C@@H]1CCC=C(c2cccc(C(F)(F)F)c2)C1. The first kappa shape index (κ1) is 21.8. The number of allylic oxidation sites excluding steroid dienone is 2. The lowest BCUT2D eigenvalue weighted by atomic mass is 9.85. The Morgan fingerprint density at radius 3 is 2.57 bits per heavy atom. The van der Waals surface area contributed by atoms with E-state index in [1.165, 1.54) is 6.07 Å². The first-order valence-corrected chi connectivity index (χ1v) is 8.96. The second-order valence-corrected chi connectivity index (χ2v) is 7.57. The van der Waals surface area contributed by atoms with E-state index in [0.29, 0.717) is 24.0 Å². The fourth-order valence-electron chi connectivity index (χ4n) is 2.84. The minimum absolute atomic E-state index is 0.284. The molecule has 1 aromatic carbocycles. The van der Waals surface area contributed by atoms with Crippen LogP contribution in [0.4, 0.5) is 18.0 Å². The number of nitrogens with one attached hydrogen (secondary N) is 1. The fraction of sp³-hybridized carbons (Fsp3) is 0.500. The highest BCUT2D eigenvalue weighted by Gasteiger charge is 2.31. The molecule has 5 nitrogen and oxygen atoms in total. The van der Waals surface area contributed by atoms with Crippen LogP contribution in [0.5, 0.6) is 0 Å². The molecule has 1 aliphatic rings. The van der Waals surface area contributed by atoms with Crippen LogP contribution >= 0.6 is 0 Å². The number of esters is 1. The number of rotatable bonds is 4. The van der Waals surface area contributed by atoms with Crippen molar-refractivity contribution < 1.29 is 32.2 Å². The predicted octanol–water partition coefficient (Wildman–Crippen LogP) is 4.91. The van der Waals surface area contributed by atoms with Crippen molar-refractivity contribution in [3.8, 4) is 0 Å². The Balaban J connectivity index is 1.91. The Bertz CT molecular complexity index is 751. The number of carbonyl (C=O) groups is 2. The van der Waals surface area contributed by atoms with E-state index < -0.39 is 35.3 Å². The summed E-state index contributed by atoms with van der Waals surface area (Å²) in [6, 6.07) is 5.05. The summed E-state index contributed by atoms with van der Waals surface area (Å²) < 4.78 is 48.8. The summed E-state index contributed by atoms with van der Waals surface area (Å²) in [5, 5.41) is 2.33. The maximum Gasteiger partial charge on any atom is 0.416 e. The van der Waals surface area contributed by atoms with Gasteiger partial charge in [0.15, 0.2) is 6.73 Å². The zero-order chi connectivity index (χ0) is 20.9. The van der Waals surface area contributed by atoms with Gasteiger partial charge in [0, 0.05) is 0 Å².